The molecule has 1 fully saturated rings. The number of benzene rings is 1. The number of non-ortho nitro benzene ring substituents is 1. The fourth-order valence-corrected chi connectivity index (χ4v) is 2.03. The van der Waals surface area contributed by atoms with Crippen LogP contribution in [0.4, 0.5) is 5.69 Å². The van der Waals surface area contributed by atoms with Crippen molar-refractivity contribution in [3.05, 3.63) is 39.4 Å². The molecule has 1 aliphatic carbocycles. The number of carboxylic acids is 1. The van der Waals surface area contributed by atoms with Crippen LogP contribution in [0.5, 0.6) is 0 Å². The Kier molecular flexibility index (Phi) is 3.69. The summed E-state index contributed by atoms with van der Waals surface area (Å²) in [6, 6.07) is 3.07. The van der Waals surface area contributed by atoms with E-state index in [0.717, 1.165) is 18.9 Å². The van der Waals surface area contributed by atoms with Crippen LogP contribution in [0.2, 0.25) is 0 Å². The predicted molar refractivity (Wildman–Crippen MR) is 69.4 cm³/mol. The van der Waals surface area contributed by atoms with Gasteiger partial charge in [-0.1, -0.05) is 0 Å². The van der Waals surface area contributed by atoms with Gasteiger partial charge in [0, 0.05) is 17.7 Å². The minimum atomic E-state index is -1.08. The average molecular weight is 278 g/mol. The third-order valence-electron chi connectivity index (χ3n) is 3.18. The highest BCUT2D eigenvalue weighted by Crippen LogP contribution is 2.33. The molecule has 1 aromatic rings. The molecule has 2 rings (SSSR count). The normalized spacial score (nSPS) is 15.4. The number of carbonyl (C=O) groups is 2. The van der Waals surface area contributed by atoms with E-state index >= 15 is 0 Å². The van der Waals surface area contributed by atoms with Gasteiger partial charge in [-0.3, -0.25) is 14.9 Å². The van der Waals surface area contributed by atoms with Gasteiger partial charge in [-0.15, -0.1) is 0 Å². The molecule has 1 unspecified atom stereocenters. The lowest BCUT2D eigenvalue weighted by atomic mass is 10.1. The number of nitrogens with one attached hydrogen (secondary N) is 1. The third kappa shape index (κ3) is 3.11. The standard InChI is InChI=1S/C13H14N2O5/c1-7-4-9(6-10(5-7)15(19)20)12(16)14-11(13(17)18)8-2-3-8/h4-6,8,11H,2-3H2,1H3,(H,14,16)(H,17,18). The summed E-state index contributed by atoms with van der Waals surface area (Å²) in [5.74, 6) is -1.73. The molecule has 1 aliphatic rings. The fraction of sp³-hybridized carbons (Fsp3) is 0.385. The highest BCUT2D eigenvalue weighted by molar-refractivity contribution is 5.97. The Morgan fingerprint density at radius 1 is 1.40 bits per heavy atom. The van der Waals surface area contributed by atoms with Crippen LogP contribution < -0.4 is 5.32 Å². The van der Waals surface area contributed by atoms with Gasteiger partial charge in [0.05, 0.1) is 4.92 Å². The summed E-state index contributed by atoms with van der Waals surface area (Å²) in [4.78, 5) is 33.3. The van der Waals surface area contributed by atoms with Crippen molar-refractivity contribution in [3.63, 3.8) is 0 Å². The van der Waals surface area contributed by atoms with E-state index in [9.17, 15) is 19.7 Å². The lowest BCUT2D eigenvalue weighted by Gasteiger charge is -2.13. The zero-order chi connectivity index (χ0) is 14.9. The number of carboxylic acid groups (broad SMARTS) is 1. The molecule has 1 aromatic carbocycles. The number of aliphatic carboxylic acids is 1. The number of nitrogens with zero attached hydrogens (tertiary/aromatic N) is 1. The van der Waals surface area contributed by atoms with Gasteiger partial charge in [-0.05, 0) is 37.3 Å². The highest BCUT2D eigenvalue weighted by atomic mass is 16.6. The lowest BCUT2D eigenvalue weighted by Crippen LogP contribution is -2.42. The van der Waals surface area contributed by atoms with Crippen LogP contribution in [0.25, 0.3) is 0 Å². The molecule has 20 heavy (non-hydrogen) atoms. The molecule has 0 radical (unpaired) electrons. The zero-order valence-electron chi connectivity index (χ0n) is 10.8. The molecule has 0 bridgehead atoms. The third-order valence-corrected chi connectivity index (χ3v) is 3.18. The largest absolute Gasteiger partial charge is 0.480 e. The van der Waals surface area contributed by atoms with Gasteiger partial charge < -0.3 is 10.4 Å². The molecule has 0 aromatic heterocycles. The van der Waals surface area contributed by atoms with E-state index in [1.165, 1.54) is 12.1 Å². The number of hydrogen-bond donors (Lipinski definition) is 2. The summed E-state index contributed by atoms with van der Waals surface area (Å²) in [5.41, 5.74) is 0.486. The maximum atomic E-state index is 12.0. The van der Waals surface area contributed by atoms with Crippen molar-refractivity contribution in [1.82, 2.24) is 5.32 Å². The summed E-state index contributed by atoms with van der Waals surface area (Å²) in [6.07, 6.45) is 1.54. The van der Waals surface area contributed by atoms with E-state index in [0.29, 0.717) is 5.56 Å². The van der Waals surface area contributed by atoms with Crippen LogP contribution in [0.15, 0.2) is 18.2 Å². The number of amides is 1. The molecule has 0 spiro atoms. The maximum absolute atomic E-state index is 12.0. The number of nitro groups is 1. The molecular weight excluding hydrogens is 264 g/mol. The molecule has 0 aliphatic heterocycles. The van der Waals surface area contributed by atoms with E-state index in [4.69, 9.17) is 5.11 Å². The van der Waals surface area contributed by atoms with Crippen molar-refractivity contribution in [1.29, 1.82) is 0 Å². The second kappa shape index (κ2) is 5.28. The van der Waals surface area contributed by atoms with Gasteiger partial charge in [0.2, 0.25) is 0 Å². The summed E-state index contributed by atoms with van der Waals surface area (Å²) < 4.78 is 0. The Bertz CT molecular complexity index is 580. The van der Waals surface area contributed by atoms with E-state index in [-0.39, 0.29) is 17.2 Å². The molecule has 0 saturated heterocycles. The number of aryl methyl sites for hydroxylation is 1. The van der Waals surface area contributed by atoms with Crippen LogP contribution in [0, 0.1) is 23.0 Å². The molecule has 1 atom stereocenters. The van der Waals surface area contributed by atoms with E-state index < -0.39 is 22.8 Å². The van der Waals surface area contributed by atoms with Crippen molar-refractivity contribution in [2.45, 2.75) is 25.8 Å². The first-order valence-electron chi connectivity index (χ1n) is 6.18. The van der Waals surface area contributed by atoms with Gasteiger partial charge in [0.1, 0.15) is 6.04 Å². The van der Waals surface area contributed by atoms with Crippen LogP contribution >= 0.6 is 0 Å². The molecular formula is C13H14N2O5. The van der Waals surface area contributed by atoms with Crippen molar-refractivity contribution in [3.8, 4) is 0 Å². The zero-order valence-corrected chi connectivity index (χ0v) is 10.8. The average Bonchev–Trinajstić information content (AvgIpc) is 3.18. The maximum Gasteiger partial charge on any atom is 0.326 e. The quantitative estimate of drug-likeness (QED) is 0.626. The summed E-state index contributed by atoms with van der Waals surface area (Å²) in [5, 5.41) is 22.2. The van der Waals surface area contributed by atoms with E-state index in [1.54, 1.807) is 6.92 Å². The minimum absolute atomic E-state index is 0.0451. The number of nitro benzene ring substituents is 1. The first-order chi connectivity index (χ1) is 9.38. The van der Waals surface area contributed by atoms with Gasteiger partial charge in [0.25, 0.3) is 11.6 Å². The Balaban J connectivity index is 2.20. The van der Waals surface area contributed by atoms with Crippen LogP contribution in [-0.4, -0.2) is 27.9 Å². The summed E-state index contributed by atoms with van der Waals surface area (Å²) in [6.45, 7) is 1.64. The molecule has 1 saturated carbocycles. The molecule has 7 heteroatoms. The van der Waals surface area contributed by atoms with E-state index in [2.05, 4.69) is 5.32 Å². The molecule has 106 valence electrons. The Labute approximate surface area is 114 Å². The van der Waals surface area contributed by atoms with Gasteiger partial charge in [-0.2, -0.15) is 0 Å². The first kappa shape index (κ1) is 14.0. The van der Waals surface area contributed by atoms with Crippen molar-refractivity contribution in [2.24, 2.45) is 5.92 Å². The first-order valence-corrected chi connectivity index (χ1v) is 6.18. The van der Waals surface area contributed by atoms with Gasteiger partial charge in [0.15, 0.2) is 0 Å². The summed E-state index contributed by atoms with van der Waals surface area (Å²) >= 11 is 0. The van der Waals surface area contributed by atoms with Crippen LogP contribution in [-0.2, 0) is 4.79 Å². The number of hydrogen-bond acceptors (Lipinski definition) is 4. The SMILES string of the molecule is Cc1cc(C(=O)NC(C(=O)O)C2CC2)cc([N+](=O)[O-])c1. The smallest absolute Gasteiger partial charge is 0.326 e. The molecule has 2 N–H and O–H groups in total. The lowest BCUT2D eigenvalue weighted by molar-refractivity contribution is -0.384. The monoisotopic (exact) mass is 278 g/mol. The van der Waals surface area contributed by atoms with Crippen molar-refractivity contribution in [2.75, 3.05) is 0 Å². The number of rotatable bonds is 5. The predicted octanol–water partition coefficient (Wildman–Crippen LogP) is 1.50. The van der Waals surface area contributed by atoms with Crippen LogP contribution in [0.1, 0.15) is 28.8 Å². The van der Waals surface area contributed by atoms with Crippen molar-refractivity contribution >= 4 is 17.6 Å². The van der Waals surface area contributed by atoms with Gasteiger partial charge in [-0.25, -0.2) is 4.79 Å². The van der Waals surface area contributed by atoms with Crippen LogP contribution in [0.3, 0.4) is 0 Å². The Morgan fingerprint density at radius 3 is 2.55 bits per heavy atom. The molecule has 1 amide bonds. The highest BCUT2D eigenvalue weighted by Gasteiger charge is 2.37. The van der Waals surface area contributed by atoms with E-state index in [1.807, 2.05) is 0 Å². The van der Waals surface area contributed by atoms with Crippen molar-refractivity contribution < 1.29 is 19.6 Å². The molecule has 0 heterocycles. The number of carbonyl (C=O) groups excluding carboxylic acids is 1. The second-order valence-electron chi connectivity index (χ2n) is 4.94. The topological polar surface area (TPSA) is 110 Å². The fourth-order valence-electron chi connectivity index (χ4n) is 2.03. The summed E-state index contributed by atoms with van der Waals surface area (Å²) in [7, 11) is 0. The Hall–Kier alpha value is -2.44. The minimum Gasteiger partial charge on any atom is -0.480 e. The second-order valence-corrected chi connectivity index (χ2v) is 4.94. The van der Waals surface area contributed by atoms with Gasteiger partial charge >= 0.3 is 5.97 Å². The molecule has 7 nitrogen and oxygen atoms in total. The Morgan fingerprint density at radius 2 is 2.05 bits per heavy atom.